The molecule has 0 spiro atoms. The maximum Gasteiger partial charge on any atom is 0.211 e. The molecule has 2 rings (SSSR count). The van der Waals surface area contributed by atoms with E-state index in [1.165, 1.54) is 10.6 Å². The van der Waals surface area contributed by atoms with Crippen LogP contribution in [0.1, 0.15) is 24.0 Å². The van der Waals surface area contributed by atoms with E-state index in [1.54, 1.807) is 7.05 Å². The summed E-state index contributed by atoms with van der Waals surface area (Å²) in [5, 5.41) is 0. The van der Waals surface area contributed by atoms with Crippen molar-refractivity contribution in [2.24, 2.45) is 0 Å². The fraction of sp³-hybridized carbons (Fsp3) is 0.571. The summed E-state index contributed by atoms with van der Waals surface area (Å²) in [4.78, 5) is 0. The molecule has 1 saturated carbocycles. The second-order valence-corrected chi connectivity index (χ2v) is 8.35. The van der Waals surface area contributed by atoms with Crippen molar-refractivity contribution >= 4 is 26.0 Å². The summed E-state index contributed by atoms with van der Waals surface area (Å²) in [6.07, 6.45) is 2.84. The second-order valence-electron chi connectivity index (χ2n) is 5.52. The lowest BCUT2D eigenvalue weighted by atomic mass is 9.89. The van der Waals surface area contributed by atoms with Gasteiger partial charge in [0.05, 0.1) is 6.26 Å². The van der Waals surface area contributed by atoms with Crippen LogP contribution in [0.2, 0.25) is 0 Å². The van der Waals surface area contributed by atoms with Gasteiger partial charge in [-0.1, -0.05) is 15.9 Å². The summed E-state index contributed by atoms with van der Waals surface area (Å²) >= 11 is 3.53. The summed E-state index contributed by atoms with van der Waals surface area (Å²) in [6, 6.07) is 4.07. The van der Waals surface area contributed by atoms with E-state index in [9.17, 15) is 8.42 Å². The summed E-state index contributed by atoms with van der Waals surface area (Å²) in [6.45, 7) is 4.07. The van der Waals surface area contributed by atoms with Gasteiger partial charge < -0.3 is 4.74 Å². The average Bonchev–Trinajstić information content (AvgIpc) is 2.28. The van der Waals surface area contributed by atoms with Gasteiger partial charge in [0.15, 0.2) is 0 Å². The molecule has 1 aromatic carbocycles. The van der Waals surface area contributed by atoms with Gasteiger partial charge in [0.1, 0.15) is 11.9 Å². The molecule has 1 fully saturated rings. The normalized spacial score (nSPS) is 22.7. The van der Waals surface area contributed by atoms with Gasteiger partial charge in [-0.3, -0.25) is 0 Å². The number of benzene rings is 1. The lowest BCUT2D eigenvalue weighted by Crippen LogP contribution is -2.49. The van der Waals surface area contributed by atoms with Crippen molar-refractivity contribution in [3.63, 3.8) is 0 Å². The Hall–Kier alpha value is -0.590. The van der Waals surface area contributed by atoms with E-state index in [-0.39, 0.29) is 12.1 Å². The molecule has 112 valence electrons. The zero-order valence-electron chi connectivity index (χ0n) is 12.2. The minimum absolute atomic E-state index is 0.0626. The van der Waals surface area contributed by atoms with Crippen LogP contribution in [0.15, 0.2) is 16.6 Å². The Labute approximate surface area is 129 Å². The maximum atomic E-state index is 11.4. The molecule has 0 saturated heterocycles. The molecule has 1 aromatic rings. The zero-order valence-corrected chi connectivity index (χ0v) is 14.6. The average molecular weight is 362 g/mol. The number of ether oxygens (including phenoxy) is 1. The largest absolute Gasteiger partial charge is 0.490 e. The molecular weight excluding hydrogens is 342 g/mol. The lowest BCUT2D eigenvalue weighted by Gasteiger charge is -2.39. The Balaban J connectivity index is 1.95. The number of nitrogens with zero attached hydrogens (tertiary/aromatic N) is 1. The Morgan fingerprint density at radius 3 is 2.20 bits per heavy atom. The van der Waals surface area contributed by atoms with Crippen molar-refractivity contribution in [1.29, 1.82) is 0 Å². The second kappa shape index (κ2) is 5.66. The fourth-order valence-electron chi connectivity index (χ4n) is 2.37. The summed E-state index contributed by atoms with van der Waals surface area (Å²) in [5.41, 5.74) is 2.29. The highest BCUT2D eigenvalue weighted by molar-refractivity contribution is 9.10. The van der Waals surface area contributed by atoms with E-state index in [1.807, 2.05) is 26.0 Å². The number of aryl methyl sites for hydroxylation is 2. The third-order valence-electron chi connectivity index (χ3n) is 3.82. The number of sulfonamides is 1. The van der Waals surface area contributed by atoms with Gasteiger partial charge in [0, 0.05) is 30.4 Å². The van der Waals surface area contributed by atoms with Crippen LogP contribution in [0, 0.1) is 13.8 Å². The monoisotopic (exact) mass is 361 g/mol. The molecule has 0 heterocycles. The molecule has 1 aliphatic carbocycles. The molecule has 0 amide bonds. The van der Waals surface area contributed by atoms with Crippen molar-refractivity contribution in [3.8, 4) is 5.75 Å². The first kappa shape index (κ1) is 15.8. The van der Waals surface area contributed by atoms with Gasteiger partial charge in [-0.2, -0.15) is 0 Å². The molecule has 0 atom stereocenters. The predicted molar refractivity (Wildman–Crippen MR) is 83.7 cm³/mol. The molecule has 6 heteroatoms. The minimum Gasteiger partial charge on any atom is -0.490 e. The Morgan fingerprint density at radius 1 is 1.25 bits per heavy atom. The number of rotatable bonds is 4. The SMILES string of the molecule is Cc1cc(O[C@H]2C[C@H](N(C)S(C)(=O)=O)C2)cc(C)c1Br. The van der Waals surface area contributed by atoms with Crippen molar-refractivity contribution in [2.75, 3.05) is 13.3 Å². The van der Waals surface area contributed by atoms with Crippen LogP contribution in [0.3, 0.4) is 0 Å². The van der Waals surface area contributed by atoms with Gasteiger partial charge in [-0.15, -0.1) is 0 Å². The van der Waals surface area contributed by atoms with E-state index in [4.69, 9.17) is 4.74 Å². The number of hydrogen-bond acceptors (Lipinski definition) is 3. The first-order valence-electron chi connectivity index (χ1n) is 6.55. The van der Waals surface area contributed by atoms with Crippen LogP contribution >= 0.6 is 15.9 Å². The minimum atomic E-state index is -3.11. The van der Waals surface area contributed by atoms with E-state index in [0.29, 0.717) is 0 Å². The maximum absolute atomic E-state index is 11.4. The quantitative estimate of drug-likeness (QED) is 0.828. The lowest BCUT2D eigenvalue weighted by molar-refractivity contribution is 0.0599. The predicted octanol–water partition coefficient (Wildman–Crippen LogP) is 2.87. The standard InChI is InChI=1S/C14H20BrNO3S/c1-9-5-12(6-10(2)14(9)15)19-13-7-11(8-13)16(3)20(4,17)18/h5-6,11,13H,7-8H2,1-4H3/t11-,13-. The van der Waals surface area contributed by atoms with Crippen LogP contribution in [-0.4, -0.2) is 38.2 Å². The van der Waals surface area contributed by atoms with E-state index in [2.05, 4.69) is 15.9 Å². The van der Waals surface area contributed by atoms with E-state index < -0.39 is 10.0 Å². The molecule has 0 aromatic heterocycles. The molecule has 0 N–H and O–H groups in total. The van der Waals surface area contributed by atoms with Gasteiger partial charge >= 0.3 is 0 Å². The van der Waals surface area contributed by atoms with Crippen molar-refractivity contribution < 1.29 is 13.2 Å². The molecule has 0 unspecified atom stereocenters. The van der Waals surface area contributed by atoms with E-state index >= 15 is 0 Å². The van der Waals surface area contributed by atoms with Crippen LogP contribution in [0.5, 0.6) is 5.75 Å². The van der Waals surface area contributed by atoms with Crippen molar-refractivity contribution in [2.45, 2.75) is 38.8 Å². The van der Waals surface area contributed by atoms with Crippen LogP contribution in [-0.2, 0) is 10.0 Å². The van der Waals surface area contributed by atoms with Crippen LogP contribution < -0.4 is 4.74 Å². The molecule has 20 heavy (non-hydrogen) atoms. The number of halogens is 1. The van der Waals surface area contributed by atoms with Crippen LogP contribution in [0.4, 0.5) is 0 Å². The fourth-order valence-corrected chi connectivity index (χ4v) is 3.31. The smallest absolute Gasteiger partial charge is 0.211 e. The first-order valence-corrected chi connectivity index (χ1v) is 9.19. The van der Waals surface area contributed by atoms with Gasteiger partial charge in [-0.05, 0) is 37.1 Å². The molecular formula is C14H20BrNO3S. The van der Waals surface area contributed by atoms with Crippen molar-refractivity contribution in [3.05, 3.63) is 27.7 Å². The van der Waals surface area contributed by atoms with Crippen LogP contribution in [0.25, 0.3) is 0 Å². The Bertz CT molecular complexity index is 586. The Morgan fingerprint density at radius 2 is 1.75 bits per heavy atom. The third-order valence-corrected chi connectivity index (χ3v) is 6.42. The summed E-state index contributed by atoms with van der Waals surface area (Å²) in [7, 11) is -1.48. The summed E-state index contributed by atoms with van der Waals surface area (Å²) < 4.78 is 31.3. The molecule has 4 nitrogen and oxygen atoms in total. The zero-order chi connectivity index (χ0) is 15.1. The van der Waals surface area contributed by atoms with Gasteiger partial charge in [0.2, 0.25) is 10.0 Å². The van der Waals surface area contributed by atoms with E-state index in [0.717, 1.165) is 34.2 Å². The molecule has 0 radical (unpaired) electrons. The van der Waals surface area contributed by atoms with Gasteiger partial charge in [-0.25, -0.2) is 12.7 Å². The first-order chi connectivity index (χ1) is 9.18. The summed E-state index contributed by atoms with van der Waals surface area (Å²) in [5.74, 6) is 0.855. The highest BCUT2D eigenvalue weighted by Crippen LogP contribution is 2.32. The molecule has 0 aliphatic heterocycles. The van der Waals surface area contributed by atoms with Crippen molar-refractivity contribution in [1.82, 2.24) is 4.31 Å². The molecule has 0 bridgehead atoms. The molecule has 1 aliphatic rings. The number of hydrogen-bond donors (Lipinski definition) is 0. The Kier molecular flexibility index (Phi) is 4.47. The third kappa shape index (κ3) is 3.35. The topological polar surface area (TPSA) is 46.6 Å². The highest BCUT2D eigenvalue weighted by Gasteiger charge is 2.37. The highest BCUT2D eigenvalue weighted by atomic mass is 79.9. The van der Waals surface area contributed by atoms with Gasteiger partial charge in [0.25, 0.3) is 0 Å².